The Labute approximate surface area is 165 Å². The minimum absolute atomic E-state index is 0.0164. The predicted octanol–water partition coefficient (Wildman–Crippen LogP) is 1.79. The molecule has 0 atom stereocenters. The summed E-state index contributed by atoms with van der Waals surface area (Å²) in [5, 5.41) is 0. The van der Waals surface area contributed by atoms with Crippen molar-refractivity contribution in [2.45, 2.75) is 11.4 Å². The standard InChI is InChI=1S/C20H24FN3O3S/c1-22(15-17-5-3-2-4-6-17)16-20(25)23-11-13-24(14-12-23)28(26,27)19-9-7-18(21)8-10-19/h2-10H,11-16H2,1H3. The molecule has 150 valence electrons. The normalized spacial score (nSPS) is 15.8. The molecule has 0 aromatic heterocycles. The second kappa shape index (κ2) is 8.81. The first-order valence-corrected chi connectivity index (χ1v) is 10.6. The van der Waals surface area contributed by atoms with E-state index < -0.39 is 15.8 Å². The van der Waals surface area contributed by atoms with Crippen molar-refractivity contribution in [3.63, 3.8) is 0 Å². The smallest absolute Gasteiger partial charge is 0.243 e. The maximum absolute atomic E-state index is 13.0. The van der Waals surface area contributed by atoms with E-state index in [4.69, 9.17) is 0 Å². The molecule has 6 nitrogen and oxygen atoms in total. The number of rotatable bonds is 6. The number of sulfonamides is 1. The second-order valence-corrected chi connectivity index (χ2v) is 8.83. The Balaban J connectivity index is 1.53. The average Bonchev–Trinajstić information content (AvgIpc) is 2.69. The highest BCUT2D eigenvalue weighted by Crippen LogP contribution is 2.18. The van der Waals surface area contributed by atoms with Crippen LogP contribution in [0.25, 0.3) is 0 Å². The third-order valence-electron chi connectivity index (χ3n) is 4.74. The van der Waals surface area contributed by atoms with Crippen LogP contribution in [0.3, 0.4) is 0 Å². The van der Waals surface area contributed by atoms with E-state index in [2.05, 4.69) is 0 Å². The Bertz CT molecular complexity index is 896. The highest BCUT2D eigenvalue weighted by Gasteiger charge is 2.30. The number of piperazine rings is 1. The van der Waals surface area contributed by atoms with Gasteiger partial charge < -0.3 is 4.90 Å². The van der Waals surface area contributed by atoms with Crippen LogP contribution in [0.5, 0.6) is 0 Å². The number of benzene rings is 2. The number of likely N-dealkylation sites (N-methyl/N-ethyl adjacent to an activating group) is 1. The maximum Gasteiger partial charge on any atom is 0.243 e. The van der Waals surface area contributed by atoms with Crippen molar-refractivity contribution in [1.29, 1.82) is 0 Å². The topological polar surface area (TPSA) is 60.9 Å². The molecule has 2 aromatic carbocycles. The lowest BCUT2D eigenvalue weighted by molar-refractivity contribution is -0.133. The summed E-state index contributed by atoms with van der Waals surface area (Å²) in [6, 6.07) is 14.7. The summed E-state index contributed by atoms with van der Waals surface area (Å²) in [6.45, 7) is 2.10. The molecule has 1 aliphatic heterocycles. The van der Waals surface area contributed by atoms with E-state index in [9.17, 15) is 17.6 Å². The monoisotopic (exact) mass is 405 g/mol. The molecule has 8 heteroatoms. The summed E-state index contributed by atoms with van der Waals surface area (Å²) < 4.78 is 39.7. The second-order valence-electron chi connectivity index (χ2n) is 6.90. The third-order valence-corrected chi connectivity index (χ3v) is 6.66. The Kier molecular flexibility index (Phi) is 6.43. The summed E-state index contributed by atoms with van der Waals surface area (Å²) in [6.07, 6.45) is 0. The van der Waals surface area contributed by atoms with Crippen LogP contribution in [0, 0.1) is 5.82 Å². The summed E-state index contributed by atoms with van der Waals surface area (Å²) >= 11 is 0. The Morgan fingerprint density at radius 1 is 1.00 bits per heavy atom. The van der Waals surface area contributed by atoms with Crippen LogP contribution in [0.1, 0.15) is 5.56 Å². The zero-order valence-electron chi connectivity index (χ0n) is 15.8. The Hall–Kier alpha value is -2.29. The van der Waals surface area contributed by atoms with Crippen molar-refractivity contribution < 1.29 is 17.6 Å². The van der Waals surface area contributed by atoms with Crippen LogP contribution in [0.2, 0.25) is 0 Å². The zero-order chi connectivity index (χ0) is 20.1. The molecule has 2 aromatic rings. The first-order chi connectivity index (χ1) is 13.4. The fourth-order valence-corrected chi connectivity index (χ4v) is 4.64. The summed E-state index contributed by atoms with van der Waals surface area (Å²) in [7, 11) is -1.78. The molecule has 3 rings (SSSR count). The van der Waals surface area contributed by atoms with Crippen molar-refractivity contribution in [1.82, 2.24) is 14.1 Å². The van der Waals surface area contributed by atoms with E-state index in [0.717, 1.165) is 17.7 Å². The first kappa shape index (κ1) is 20.4. The van der Waals surface area contributed by atoms with Gasteiger partial charge in [-0.05, 0) is 36.9 Å². The van der Waals surface area contributed by atoms with Gasteiger partial charge >= 0.3 is 0 Å². The molecule has 0 spiro atoms. The van der Waals surface area contributed by atoms with Crippen molar-refractivity contribution >= 4 is 15.9 Å². The lowest BCUT2D eigenvalue weighted by Crippen LogP contribution is -2.52. The van der Waals surface area contributed by atoms with E-state index in [1.165, 1.54) is 16.4 Å². The number of hydrogen-bond acceptors (Lipinski definition) is 4. The number of halogens is 1. The van der Waals surface area contributed by atoms with Gasteiger partial charge in [-0.2, -0.15) is 4.31 Å². The van der Waals surface area contributed by atoms with Crippen LogP contribution in [0.4, 0.5) is 4.39 Å². The molecule has 1 fully saturated rings. The fraction of sp³-hybridized carbons (Fsp3) is 0.350. The lowest BCUT2D eigenvalue weighted by atomic mass is 10.2. The Morgan fingerprint density at radius 3 is 2.21 bits per heavy atom. The number of amides is 1. The highest BCUT2D eigenvalue weighted by atomic mass is 32.2. The van der Waals surface area contributed by atoms with Gasteiger partial charge in [0.25, 0.3) is 0 Å². The molecule has 0 aliphatic carbocycles. The third kappa shape index (κ3) is 4.95. The molecule has 0 unspecified atom stereocenters. The molecule has 0 radical (unpaired) electrons. The van der Waals surface area contributed by atoms with E-state index in [-0.39, 0.29) is 30.4 Å². The molecular formula is C20H24FN3O3S. The molecule has 1 heterocycles. The van der Waals surface area contributed by atoms with E-state index in [0.29, 0.717) is 19.6 Å². The molecule has 1 amide bonds. The molecular weight excluding hydrogens is 381 g/mol. The van der Waals surface area contributed by atoms with Gasteiger partial charge in [-0.1, -0.05) is 30.3 Å². The van der Waals surface area contributed by atoms with Gasteiger partial charge in [0.1, 0.15) is 5.82 Å². The van der Waals surface area contributed by atoms with Gasteiger partial charge in [-0.15, -0.1) is 0 Å². The molecule has 1 aliphatic rings. The van der Waals surface area contributed by atoms with Crippen LogP contribution in [-0.2, 0) is 21.4 Å². The van der Waals surface area contributed by atoms with Crippen molar-refractivity contribution in [3.05, 3.63) is 66.0 Å². The number of carbonyl (C=O) groups is 1. The summed E-state index contributed by atoms with van der Waals surface area (Å²) in [4.78, 5) is 16.2. The van der Waals surface area contributed by atoms with Crippen LogP contribution in [-0.4, -0.2) is 68.2 Å². The van der Waals surface area contributed by atoms with Crippen molar-refractivity contribution in [2.24, 2.45) is 0 Å². The first-order valence-electron chi connectivity index (χ1n) is 9.12. The average molecular weight is 405 g/mol. The summed E-state index contributed by atoms with van der Waals surface area (Å²) in [5.41, 5.74) is 1.13. The van der Waals surface area contributed by atoms with Crippen LogP contribution < -0.4 is 0 Å². The Morgan fingerprint density at radius 2 is 1.61 bits per heavy atom. The number of carbonyl (C=O) groups excluding carboxylic acids is 1. The van der Waals surface area contributed by atoms with Crippen LogP contribution >= 0.6 is 0 Å². The highest BCUT2D eigenvalue weighted by molar-refractivity contribution is 7.89. The zero-order valence-corrected chi connectivity index (χ0v) is 16.6. The fourth-order valence-electron chi connectivity index (χ4n) is 3.22. The lowest BCUT2D eigenvalue weighted by Gasteiger charge is -2.34. The predicted molar refractivity (Wildman–Crippen MR) is 105 cm³/mol. The molecule has 0 bridgehead atoms. The van der Waals surface area contributed by atoms with Crippen molar-refractivity contribution in [2.75, 3.05) is 39.8 Å². The number of hydrogen-bond donors (Lipinski definition) is 0. The van der Waals surface area contributed by atoms with Gasteiger partial charge in [0.2, 0.25) is 15.9 Å². The SMILES string of the molecule is CN(CC(=O)N1CCN(S(=O)(=O)c2ccc(F)cc2)CC1)Cc1ccccc1. The van der Waals surface area contributed by atoms with Gasteiger partial charge in [-0.25, -0.2) is 12.8 Å². The van der Waals surface area contributed by atoms with Crippen molar-refractivity contribution in [3.8, 4) is 0 Å². The van der Waals surface area contributed by atoms with Gasteiger partial charge in [-0.3, -0.25) is 9.69 Å². The molecule has 1 saturated heterocycles. The van der Waals surface area contributed by atoms with Crippen LogP contribution in [0.15, 0.2) is 59.5 Å². The van der Waals surface area contributed by atoms with Gasteiger partial charge in [0, 0.05) is 32.7 Å². The molecule has 0 N–H and O–H groups in total. The molecule has 0 saturated carbocycles. The van der Waals surface area contributed by atoms with E-state index in [1.807, 2.05) is 42.3 Å². The largest absolute Gasteiger partial charge is 0.339 e. The van der Waals surface area contributed by atoms with E-state index >= 15 is 0 Å². The minimum Gasteiger partial charge on any atom is -0.339 e. The molecule has 28 heavy (non-hydrogen) atoms. The maximum atomic E-state index is 13.0. The van der Waals surface area contributed by atoms with E-state index in [1.54, 1.807) is 4.90 Å². The van der Waals surface area contributed by atoms with Gasteiger partial charge in [0.15, 0.2) is 0 Å². The minimum atomic E-state index is -3.67. The number of nitrogens with zero attached hydrogens (tertiary/aromatic N) is 3. The van der Waals surface area contributed by atoms with Gasteiger partial charge in [0.05, 0.1) is 11.4 Å². The summed E-state index contributed by atoms with van der Waals surface area (Å²) in [5.74, 6) is -0.494. The quantitative estimate of drug-likeness (QED) is 0.735.